The van der Waals surface area contributed by atoms with E-state index < -0.39 is 0 Å². The molecule has 138 valence electrons. The molecule has 2 aromatic carbocycles. The summed E-state index contributed by atoms with van der Waals surface area (Å²) in [6.07, 6.45) is 1.89. The molecule has 0 spiro atoms. The molecule has 5 heteroatoms. The van der Waals surface area contributed by atoms with E-state index in [1.807, 2.05) is 55.5 Å². The van der Waals surface area contributed by atoms with Gasteiger partial charge in [0.1, 0.15) is 6.61 Å². The fourth-order valence-corrected chi connectivity index (χ4v) is 2.99. The maximum Gasteiger partial charge on any atom is 0.237 e. The molecule has 0 bridgehead atoms. The second-order valence-corrected chi connectivity index (χ2v) is 6.36. The minimum Gasteiger partial charge on any atom is -0.490 e. The Morgan fingerprint density at radius 3 is 2.69 bits per heavy atom. The first-order valence-electron chi connectivity index (χ1n) is 9.20. The van der Waals surface area contributed by atoms with Crippen molar-refractivity contribution in [2.45, 2.75) is 39.0 Å². The maximum absolute atomic E-state index is 11.8. The lowest BCUT2D eigenvalue weighted by Crippen LogP contribution is -2.47. The van der Waals surface area contributed by atoms with Crippen molar-refractivity contribution in [1.29, 1.82) is 0 Å². The molecule has 1 amide bonds. The maximum atomic E-state index is 11.8. The van der Waals surface area contributed by atoms with Gasteiger partial charge in [0, 0.05) is 13.1 Å². The van der Waals surface area contributed by atoms with E-state index in [4.69, 9.17) is 9.47 Å². The summed E-state index contributed by atoms with van der Waals surface area (Å²) < 4.78 is 11.7. The van der Waals surface area contributed by atoms with Crippen molar-refractivity contribution in [3.8, 4) is 11.5 Å². The molecule has 26 heavy (non-hydrogen) atoms. The highest BCUT2D eigenvalue weighted by Crippen LogP contribution is 2.29. The molecule has 3 rings (SSSR count). The predicted octanol–water partition coefficient (Wildman–Crippen LogP) is 3.03. The lowest BCUT2D eigenvalue weighted by Gasteiger charge is -2.23. The molecule has 1 saturated heterocycles. The minimum atomic E-state index is -0.117. The van der Waals surface area contributed by atoms with Crippen LogP contribution >= 0.6 is 0 Å². The van der Waals surface area contributed by atoms with Crippen LogP contribution in [0.1, 0.15) is 30.9 Å². The summed E-state index contributed by atoms with van der Waals surface area (Å²) in [7, 11) is 0. The van der Waals surface area contributed by atoms with Crippen molar-refractivity contribution in [3.05, 3.63) is 59.7 Å². The standard InChI is InChI=1S/C21H26N2O3/c1-2-25-20-13-17(14-23-18-9-6-12-22-21(18)24)10-11-19(20)26-15-16-7-4-3-5-8-16/h3-5,7-8,10-11,13,18,23H,2,6,9,12,14-15H2,1H3,(H,22,24). The Kier molecular flexibility index (Phi) is 6.50. The number of amides is 1. The van der Waals surface area contributed by atoms with Crippen LogP contribution in [-0.2, 0) is 17.9 Å². The number of carbonyl (C=O) groups excluding carboxylic acids is 1. The van der Waals surface area contributed by atoms with E-state index in [9.17, 15) is 4.79 Å². The molecule has 0 aromatic heterocycles. The van der Waals surface area contributed by atoms with Crippen LogP contribution in [0.25, 0.3) is 0 Å². The van der Waals surface area contributed by atoms with E-state index in [1.165, 1.54) is 0 Å². The number of hydrogen-bond donors (Lipinski definition) is 2. The van der Waals surface area contributed by atoms with E-state index in [2.05, 4.69) is 10.6 Å². The van der Waals surface area contributed by atoms with Crippen LogP contribution < -0.4 is 20.1 Å². The van der Waals surface area contributed by atoms with Gasteiger partial charge in [0.05, 0.1) is 12.6 Å². The summed E-state index contributed by atoms with van der Waals surface area (Å²) in [5.41, 5.74) is 2.18. The molecule has 1 unspecified atom stereocenters. The number of rotatable bonds is 8. The molecule has 1 aliphatic rings. The van der Waals surface area contributed by atoms with E-state index in [1.54, 1.807) is 0 Å². The highest BCUT2D eigenvalue weighted by Gasteiger charge is 2.21. The third kappa shape index (κ3) is 4.99. The van der Waals surface area contributed by atoms with Crippen LogP contribution in [-0.4, -0.2) is 25.1 Å². The predicted molar refractivity (Wildman–Crippen MR) is 101 cm³/mol. The van der Waals surface area contributed by atoms with Crippen LogP contribution in [0, 0.1) is 0 Å². The van der Waals surface area contributed by atoms with Gasteiger partial charge in [-0.3, -0.25) is 4.79 Å². The molecule has 5 nitrogen and oxygen atoms in total. The molecule has 2 N–H and O–H groups in total. The van der Waals surface area contributed by atoms with Crippen LogP contribution in [0.5, 0.6) is 11.5 Å². The van der Waals surface area contributed by atoms with Gasteiger partial charge in [-0.25, -0.2) is 0 Å². The van der Waals surface area contributed by atoms with Gasteiger partial charge in [-0.1, -0.05) is 36.4 Å². The van der Waals surface area contributed by atoms with E-state index in [0.717, 1.165) is 42.0 Å². The summed E-state index contributed by atoms with van der Waals surface area (Å²) in [6, 6.07) is 15.9. The average Bonchev–Trinajstić information content (AvgIpc) is 2.68. The van der Waals surface area contributed by atoms with Crippen molar-refractivity contribution >= 4 is 5.91 Å². The lowest BCUT2D eigenvalue weighted by atomic mass is 10.1. The first-order valence-corrected chi connectivity index (χ1v) is 9.20. The molecule has 1 aliphatic heterocycles. The lowest BCUT2D eigenvalue weighted by molar-refractivity contribution is -0.124. The van der Waals surface area contributed by atoms with Gasteiger partial charge in [0.2, 0.25) is 5.91 Å². The van der Waals surface area contributed by atoms with Gasteiger partial charge < -0.3 is 20.1 Å². The Bertz CT molecular complexity index is 718. The number of hydrogen-bond acceptors (Lipinski definition) is 4. The number of nitrogens with one attached hydrogen (secondary N) is 2. The monoisotopic (exact) mass is 354 g/mol. The normalized spacial score (nSPS) is 16.8. The van der Waals surface area contributed by atoms with Crippen molar-refractivity contribution in [1.82, 2.24) is 10.6 Å². The summed E-state index contributed by atoms with van der Waals surface area (Å²) in [5, 5.41) is 6.22. The first kappa shape index (κ1) is 18.3. The van der Waals surface area contributed by atoms with Crippen LogP contribution in [0.4, 0.5) is 0 Å². The topological polar surface area (TPSA) is 59.6 Å². The first-order chi connectivity index (χ1) is 12.8. The number of benzene rings is 2. The smallest absolute Gasteiger partial charge is 0.237 e. The Morgan fingerprint density at radius 2 is 1.92 bits per heavy atom. The van der Waals surface area contributed by atoms with Gasteiger partial charge in [0.25, 0.3) is 0 Å². The molecule has 0 radical (unpaired) electrons. The third-order valence-corrected chi connectivity index (χ3v) is 4.38. The molecule has 2 aromatic rings. The average molecular weight is 354 g/mol. The molecule has 1 fully saturated rings. The zero-order valence-corrected chi connectivity index (χ0v) is 15.2. The highest BCUT2D eigenvalue weighted by atomic mass is 16.5. The quantitative estimate of drug-likeness (QED) is 0.765. The van der Waals surface area contributed by atoms with Crippen LogP contribution in [0.15, 0.2) is 48.5 Å². The Balaban J connectivity index is 1.62. The fraction of sp³-hybridized carbons (Fsp3) is 0.381. The number of piperidine rings is 1. The second-order valence-electron chi connectivity index (χ2n) is 6.36. The highest BCUT2D eigenvalue weighted by molar-refractivity contribution is 5.82. The Morgan fingerprint density at radius 1 is 1.08 bits per heavy atom. The summed E-state index contributed by atoms with van der Waals surface area (Å²) in [4.78, 5) is 11.8. The number of carbonyl (C=O) groups is 1. The molecular weight excluding hydrogens is 328 g/mol. The molecular formula is C21H26N2O3. The summed E-state index contributed by atoms with van der Waals surface area (Å²) in [5.74, 6) is 1.55. The summed E-state index contributed by atoms with van der Waals surface area (Å²) in [6.45, 7) is 4.43. The molecule has 0 aliphatic carbocycles. The fourth-order valence-electron chi connectivity index (χ4n) is 2.99. The second kappa shape index (κ2) is 9.25. The van der Waals surface area contributed by atoms with Crippen LogP contribution in [0.3, 0.4) is 0 Å². The van der Waals surface area contributed by atoms with E-state index in [-0.39, 0.29) is 11.9 Å². The van der Waals surface area contributed by atoms with Gasteiger partial charge in [-0.05, 0) is 43.0 Å². The Hall–Kier alpha value is -2.53. The third-order valence-electron chi connectivity index (χ3n) is 4.38. The van der Waals surface area contributed by atoms with Gasteiger partial charge in [-0.15, -0.1) is 0 Å². The van der Waals surface area contributed by atoms with Gasteiger partial charge >= 0.3 is 0 Å². The van der Waals surface area contributed by atoms with Crippen molar-refractivity contribution < 1.29 is 14.3 Å². The van der Waals surface area contributed by atoms with Gasteiger partial charge in [0.15, 0.2) is 11.5 Å². The number of ether oxygens (including phenoxy) is 2. The van der Waals surface area contributed by atoms with E-state index >= 15 is 0 Å². The molecule has 0 saturated carbocycles. The zero-order chi connectivity index (χ0) is 18.2. The van der Waals surface area contributed by atoms with Crippen molar-refractivity contribution in [2.24, 2.45) is 0 Å². The van der Waals surface area contributed by atoms with E-state index in [0.29, 0.717) is 19.8 Å². The summed E-state index contributed by atoms with van der Waals surface area (Å²) >= 11 is 0. The van der Waals surface area contributed by atoms with Crippen molar-refractivity contribution in [2.75, 3.05) is 13.2 Å². The van der Waals surface area contributed by atoms with Crippen molar-refractivity contribution in [3.63, 3.8) is 0 Å². The SMILES string of the molecule is CCOc1cc(CNC2CCCNC2=O)ccc1OCc1ccccc1. The largest absolute Gasteiger partial charge is 0.490 e. The van der Waals surface area contributed by atoms with Gasteiger partial charge in [-0.2, -0.15) is 0 Å². The van der Waals surface area contributed by atoms with Crippen LogP contribution in [0.2, 0.25) is 0 Å². The minimum absolute atomic E-state index is 0.0871. The Labute approximate surface area is 154 Å². The molecule has 1 heterocycles. The molecule has 1 atom stereocenters. The zero-order valence-electron chi connectivity index (χ0n) is 15.2.